The maximum absolute atomic E-state index is 4.65. The average molecular weight is 345 g/mol. The molecule has 1 atom stereocenters. The summed E-state index contributed by atoms with van der Waals surface area (Å²) in [6.07, 6.45) is 14.8. The summed E-state index contributed by atoms with van der Waals surface area (Å²) in [5, 5.41) is 0. The number of piperidine rings is 1. The number of rotatable bonds is 3. The van der Waals surface area contributed by atoms with Crippen molar-refractivity contribution in [3.63, 3.8) is 0 Å². The van der Waals surface area contributed by atoms with E-state index in [4.69, 9.17) is 0 Å². The van der Waals surface area contributed by atoms with Gasteiger partial charge in [-0.3, -0.25) is 4.99 Å². The van der Waals surface area contributed by atoms with E-state index in [9.17, 15) is 0 Å². The second-order valence-corrected chi connectivity index (χ2v) is 6.11. The fraction of sp³-hybridized carbons (Fsp3) is 0.412. The molecule has 4 heterocycles. The first-order valence-electron chi connectivity index (χ1n) is 8.26. The van der Waals surface area contributed by atoms with E-state index < -0.39 is 0 Å². The molecule has 0 aliphatic carbocycles. The van der Waals surface area contributed by atoms with E-state index in [2.05, 4.69) is 31.8 Å². The smallest absolute Gasteiger partial charge is 0.225 e. The summed E-state index contributed by atoms with van der Waals surface area (Å²) in [6, 6.07) is 0. The molecule has 3 aliphatic rings. The van der Waals surface area contributed by atoms with E-state index in [0.717, 1.165) is 38.3 Å². The van der Waals surface area contributed by atoms with Gasteiger partial charge in [0.05, 0.1) is 12.4 Å². The standard InChI is InChI=1S/C17H20N6.ClH/c1-2-13-9-19-17(20-10-13)22-6-3-14(4-7-22)16-15-11-18-5-8-23(15)12-21-16;/h5,8-12,14H,2-4,6-7H2,1H3;1H. The molecule has 1 unspecified atom stereocenters. The second-order valence-electron chi connectivity index (χ2n) is 6.11. The van der Waals surface area contributed by atoms with Crippen LogP contribution in [0, 0.1) is 5.92 Å². The Morgan fingerprint density at radius 2 is 1.96 bits per heavy atom. The summed E-state index contributed by atoms with van der Waals surface area (Å²) in [7, 11) is 0. The highest BCUT2D eigenvalue weighted by atomic mass is 35.5. The van der Waals surface area contributed by atoms with Gasteiger partial charge in [-0.1, -0.05) is 6.92 Å². The van der Waals surface area contributed by atoms with Crippen LogP contribution < -0.4 is 22.2 Å². The zero-order valence-corrected chi connectivity index (χ0v) is 14.4. The van der Waals surface area contributed by atoms with E-state index in [0.29, 0.717) is 5.92 Å². The number of nitrogens with one attached hydrogen (secondary N) is 1. The highest BCUT2D eigenvalue weighted by molar-refractivity contribution is 5.81. The van der Waals surface area contributed by atoms with Gasteiger partial charge in [0, 0.05) is 31.4 Å². The lowest BCUT2D eigenvalue weighted by molar-refractivity contribution is -0.682. The van der Waals surface area contributed by atoms with Gasteiger partial charge in [-0.05, 0) is 24.8 Å². The predicted molar refractivity (Wildman–Crippen MR) is 90.5 cm³/mol. The molecule has 126 valence electrons. The molecule has 0 spiro atoms. The molecule has 24 heavy (non-hydrogen) atoms. The number of hydrogen-bond donors (Lipinski definition) is 1. The maximum Gasteiger partial charge on any atom is 0.225 e. The van der Waals surface area contributed by atoms with E-state index in [-0.39, 0.29) is 12.4 Å². The third-order valence-corrected chi connectivity index (χ3v) is 4.74. The molecule has 0 bridgehead atoms. The summed E-state index contributed by atoms with van der Waals surface area (Å²) in [6.45, 7) is 4.07. The maximum atomic E-state index is 4.65. The number of allylic oxidation sites excluding steroid dienone is 2. The Morgan fingerprint density at radius 3 is 2.67 bits per heavy atom. The van der Waals surface area contributed by atoms with Crippen LogP contribution in [0.3, 0.4) is 0 Å². The number of fused-ring (bicyclic) bond motifs is 1. The Morgan fingerprint density at radius 1 is 1.21 bits per heavy atom. The van der Waals surface area contributed by atoms with Crippen molar-refractivity contribution in [2.75, 3.05) is 18.0 Å². The molecule has 0 saturated carbocycles. The van der Waals surface area contributed by atoms with E-state index in [1.807, 2.05) is 37.3 Å². The number of aryl methyl sites for hydroxylation is 1. The van der Waals surface area contributed by atoms with Crippen LogP contribution in [-0.2, 0) is 6.42 Å². The van der Waals surface area contributed by atoms with Gasteiger partial charge in [0.2, 0.25) is 5.95 Å². The normalized spacial score (nSPS) is 22.7. The topological polar surface area (TPSA) is 58.2 Å². The van der Waals surface area contributed by atoms with Gasteiger partial charge in [0.1, 0.15) is 11.9 Å². The largest absolute Gasteiger partial charge is 1.00 e. The van der Waals surface area contributed by atoms with Crippen molar-refractivity contribution in [2.24, 2.45) is 15.9 Å². The number of hydrogen-bond acceptors (Lipinski definition) is 5. The molecule has 1 N–H and O–H groups in total. The highest BCUT2D eigenvalue weighted by Gasteiger charge is 2.32. The van der Waals surface area contributed by atoms with Crippen LogP contribution in [0.5, 0.6) is 0 Å². The number of quaternary nitrogens is 1. The fourth-order valence-electron chi connectivity index (χ4n) is 3.31. The Kier molecular flexibility index (Phi) is 5.06. The van der Waals surface area contributed by atoms with Crippen LogP contribution in [-0.4, -0.2) is 35.6 Å². The van der Waals surface area contributed by atoms with Gasteiger partial charge in [-0.2, -0.15) is 0 Å². The summed E-state index contributed by atoms with van der Waals surface area (Å²) in [4.78, 5) is 21.4. The quantitative estimate of drug-likeness (QED) is 0.687. The molecule has 6 nitrogen and oxygen atoms in total. The molecule has 1 saturated heterocycles. The highest BCUT2D eigenvalue weighted by Crippen LogP contribution is 2.28. The first-order chi connectivity index (χ1) is 11.3. The molecule has 1 fully saturated rings. The lowest BCUT2D eigenvalue weighted by Gasteiger charge is -2.31. The lowest BCUT2D eigenvalue weighted by Crippen LogP contribution is -3.04. The van der Waals surface area contributed by atoms with Gasteiger partial charge >= 0.3 is 0 Å². The first kappa shape index (κ1) is 16.8. The minimum atomic E-state index is 0. The molecule has 1 aromatic heterocycles. The molecule has 1 aromatic rings. The van der Waals surface area contributed by atoms with Crippen molar-refractivity contribution < 1.29 is 17.3 Å². The number of nitrogens with zero attached hydrogens (tertiary/aromatic N) is 5. The van der Waals surface area contributed by atoms with Crippen LogP contribution >= 0.6 is 0 Å². The van der Waals surface area contributed by atoms with Crippen molar-refractivity contribution >= 4 is 18.5 Å². The summed E-state index contributed by atoms with van der Waals surface area (Å²) in [5.41, 5.74) is 3.59. The van der Waals surface area contributed by atoms with Crippen molar-refractivity contribution in [3.8, 4) is 0 Å². The third kappa shape index (κ3) is 3.12. The fourth-order valence-corrected chi connectivity index (χ4v) is 3.31. The SMILES string of the molecule is CCc1cnc(N2CCC(C3=C4C=NC=C[NH+]4C=N3)CC2)nc1.[Cl-]. The number of anilines is 1. The van der Waals surface area contributed by atoms with Crippen molar-refractivity contribution in [1.82, 2.24) is 9.97 Å². The molecular formula is C17H21ClN6. The second kappa shape index (κ2) is 7.23. The molecule has 0 amide bonds. The minimum Gasteiger partial charge on any atom is -1.00 e. The van der Waals surface area contributed by atoms with Gasteiger partial charge in [0.15, 0.2) is 12.0 Å². The Labute approximate surface area is 148 Å². The van der Waals surface area contributed by atoms with E-state index in [1.54, 1.807) is 0 Å². The third-order valence-electron chi connectivity index (χ3n) is 4.74. The predicted octanol–water partition coefficient (Wildman–Crippen LogP) is -2.05. The Hall–Kier alpha value is -2.05. The zero-order chi connectivity index (χ0) is 15.6. The van der Waals surface area contributed by atoms with Crippen LogP contribution in [0.15, 0.2) is 46.2 Å². The average Bonchev–Trinajstić information content (AvgIpc) is 3.06. The van der Waals surface area contributed by atoms with E-state index in [1.165, 1.54) is 21.9 Å². The molecule has 3 aliphatic heterocycles. The number of aromatic nitrogens is 2. The number of halogens is 1. The van der Waals surface area contributed by atoms with Gasteiger partial charge < -0.3 is 17.3 Å². The minimum absolute atomic E-state index is 0. The molecule has 7 heteroatoms. The van der Waals surface area contributed by atoms with Crippen LogP contribution in [0.2, 0.25) is 0 Å². The zero-order valence-electron chi connectivity index (χ0n) is 13.7. The number of aliphatic imine (C=N–C) groups is 2. The van der Waals surface area contributed by atoms with Crippen molar-refractivity contribution in [2.45, 2.75) is 26.2 Å². The first-order valence-corrected chi connectivity index (χ1v) is 8.26. The van der Waals surface area contributed by atoms with Crippen LogP contribution in [0.4, 0.5) is 5.95 Å². The lowest BCUT2D eigenvalue weighted by atomic mass is 9.92. The Balaban J connectivity index is 0.00000169. The Bertz CT molecular complexity index is 698. The van der Waals surface area contributed by atoms with E-state index >= 15 is 0 Å². The van der Waals surface area contributed by atoms with Crippen LogP contribution in [0.1, 0.15) is 25.3 Å². The molecular weight excluding hydrogens is 324 g/mol. The summed E-state index contributed by atoms with van der Waals surface area (Å²) < 4.78 is 0. The van der Waals surface area contributed by atoms with Crippen molar-refractivity contribution in [1.29, 1.82) is 0 Å². The van der Waals surface area contributed by atoms with Crippen LogP contribution in [0.25, 0.3) is 0 Å². The molecule has 0 aromatic carbocycles. The van der Waals surface area contributed by atoms with Gasteiger partial charge in [-0.25, -0.2) is 19.9 Å². The molecule has 4 rings (SSSR count). The summed E-state index contributed by atoms with van der Waals surface area (Å²) in [5.74, 6) is 1.35. The monoisotopic (exact) mass is 344 g/mol. The van der Waals surface area contributed by atoms with Crippen molar-refractivity contribution in [3.05, 3.63) is 41.8 Å². The molecule has 0 radical (unpaired) electrons. The summed E-state index contributed by atoms with van der Waals surface area (Å²) >= 11 is 0. The van der Waals surface area contributed by atoms with Gasteiger partial charge in [-0.15, -0.1) is 0 Å². The van der Waals surface area contributed by atoms with Gasteiger partial charge in [0.25, 0.3) is 0 Å².